The Hall–Kier alpha value is -1.84. The van der Waals surface area contributed by atoms with E-state index in [0.29, 0.717) is 17.7 Å². The van der Waals surface area contributed by atoms with E-state index >= 15 is 0 Å². The van der Waals surface area contributed by atoms with Gasteiger partial charge in [0.05, 0.1) is 20.6 Å². The molecular weight excluding hydrogens is 232 g/mol. The van der Waals surface area contributed by atoms with Crippen molar-refractivity contribution in [3.63, 3.8) is 0 Å². The van der Waals surface area contributed by atoms with Gasteiger partial charge in [0.2, 0.25) is 0 Å². The topological polar surface area (TPSA) is 52.6 Å². The second-order valence-corrected chi connectivity index (χ2v) is 4.83. The van der Waals surface area contributed by atoms with E-state index in [1.54, 1.807) is 19.2 Å². The van der Waals surface area contributed by atoms with Crippen LogP contribution in [0.25, 0.3) is 0 Å². The van der Waals surface area contributed by atoms with Gasteiger partial charge in [-0.25, -0.2) is 0 Å². The summed E-state index contributed by atoms with van der Waals surface area (Å²) in [6.07, 6.45) is 0.542. The van der Waals surface area contributed by atoms with Crippen LogP contribution in [-0.4, -0.2) is 26.0 Å². The standard InChI is InChI=1S/C14H16O4/c1-14(8-13(16)18-3)7-12(15)10-5-4-9(17-2)6-11(10)14/h4-6H,7-8H2,1-3H3/t14-/m0/s1. The SMILES string of the molecule is COC(=O)C[C@]1(C)CC(=O)c2ccc(OC)cc21. The minimum atomic E-state index is -0.492. The maximum Gasteiger partial charge on any atom is 0.306 e. The minimum absolute atomic E-state index is 0.0686. The molecule has 0 saturated carbocycles. The molecule has 1 aliphatic carbocycles. The number of fused-ring (bicyclic) bond motifs is 1. The highest BCUT2D eigenvalue weighted by Gasteiger charge is 2.41. The highest BCUT2D eigenvalue weighted by Crippen LogP contribution is 2.42. The molecule has 0 unspecified atom stereocenters. The number of hydrogen-bond donors (Lipinski definition) is 0. The fourth-order valence-corrected chi connectivity index (χ4v) is 2.49. The van der Waals surface area contributed by atoms with Gasteiger partial charge in [-0.1, -0.05) is 6.92 Å². The number of carbonyl (C=O) groups excluding carboxylic acids is 2. The largest absolute Gasteiger partial charge is 0.497 e. The van der Waals surface area contributed by atoms with Gasteiger partial charge in [-0.2, -0.15) is 0 Å². The highest BCUT2D eigenvalue weighted by atomic mass is 16.5. The number of carbonyl (C=O) groups is 2. The molecule has 0 spiro atoms. The fourth-order valence-electron chi connectivity index (χ4n) is 2.49. The summed E-state index contributed by atoms with van der Waals surface area (Å²) in [5, 5.41) is 0. The quantitative estimate of drug-likeness (QED) is 0.769. The van der Waals surface area contributed by atoms with Crippen LogP contribution in [0.5, 0.6) is 5.75 Å². The molecule has 0 amide bonds. The molecule has 0 heterocycles. The summed E-state index contributed by atoms with van der Waals surface area (Å²) < 4.78 is 9.87. The monoisotopic (exact) mass is 248 g/mol. The third-order valence-electron chi connectivity index (χ3n) is 3.49. The molecule has 0 aliphatic heterocycles. The van der Waals surface area contributed by atoms with Gasteiger partial charge in [0.1, 0.15) is 5.75 Å². The van der Waals surface area contributed by atoms with Gasteiger partial charge in [-0.05, 0) is 23.8 Å². The predicted octanol–water partition coefficient (Wildman–Crippen LogP) is 2.10. The van der Waals surface area contributed by atoms with Crippen LogP contribution in [-0.2, 0) is 14.9 Å². The molecule has 2 rings (SSSR count). The first-order chi connectivity index (χ1) is 8.50. The zero-order valence-corrected chi connectivity index (χ0v) is 10.8. The summed E-state index contributed by atoms with van der Waals surface area (Å²) in [5.74, 6) is 0.458. The van der Waals surface area contributed by atoms with E-state index in [1.165, 1.54) is 7.11 Å². The molecular formula is C14H16O4. The van der Waals surface area contributed by atoms with Gasteiger partial charge < -0.3 is 9.47 Å². The Bertz CT molecular complexity index is 507. The van der Waals surface area contributed by atoms with Gasteiger partial charge in [0, 0.05) is 17.4 Å². The van der Waals surface area contributed by atoms with E-state index in [-0.39, 0.29) is 18.2 Å². The van der Waals surface area contributed by atoms with Crippen LogP contribution >= 0.6 is 0 Å². The van der Waals surface area contributed by atoms with Gasteiger partial charge in [0.15, 0.2) is 5.78 Å². The molecule has 0 bridgehead atoms. The van der Waals surface area contributed by atoms with Crippen LogP contribution in [0.2, 0.25) is 0 Å². The third-order valence-corrected chi connectivity index (χ3v) is 3.49. The third kappa shape index (κ3) is 1.98. The van der Waals surface area contributed by atoms with Crippen molar-refractivity contribution >= 4 is 11.8 Å². The molecule has 1 atom stereocenters. The molecule has 0 fully saturated rings. The van der Waals surface area contributed by atoms with Crippen molar-refractivity contribution in [1.82, 2.24) is 0 Å². The van der Waals surface area contributed by atoms with Crippen LogP contribution in [0.4, 0.5) is 0 Å². The van der Waals surface area contributed by atoms with Gasteiger partial charge in [-0.3, -0.25) is 9.59 Å². The average Bonchev–Trinajstić information content (AvgIpc) is 2.60. The maximum absolute atomic E-state index is 12.0. The van der Waals surface area contributed by atoms with Crippen molar-refractivity contribution in [2.24, 2.45) is 0 Å². The summed E-state index contributed by atoms with van der Waals surface area (Å²) in [5.41, 5.74) is 1.06. The molecule has 1 aliphatic rings. The number of ether oxygens (including phenoxy) is 2. The van der Waals surface area contributed by atoms with Crippen LogP contribution in [0.1, 0.15) is 35.7 Å². The maximum atomic E-state index is 12.0. The Morgan fingerprint density at radius 2 is 2.11 bits per heavy atom. The van der Waals surface area contributed by atoms with E-state index in [2.05, 4.69) is 0 Å². The van der Waals surface area contributed by atoms with Gasteiger partial charge in [-0.15, -0.1) is 0 Å². The van der Waals surface area contributed by atoms with Crippen molar-refractivity contribution in [1.29, 1.82) is 0 Å². The zero-order chi connectivity index (χ0) is 13.3. The smallest absolute Gasteiger partial charge is 0.306 e. The summed E-state index contributed by atoms with van der Waals surface area (Å²) in [7, 11) is 2.94. The van der Waals surface area contributed by atoms with Crippen molar-refractivity contribution in [2.45, 2.75) is 25.2 Å². The lowest BCUT2D eigenvalue weighted by atomic mass is 9.81. The number of benzene rings is 1. The minimum Gasteiger partial charge on any atom is -0.497 e. The van der Waals surface area contributed by atoms with Crippen molar-refractivity contribution in [3.05, 3.63) is 29.3 Å². The number of esters is 1. The Morgan fingerprint density at radius 1 is 1.39 bits per heavy atom. The number of hydrogen-bond acceptors (Lipinski definition) is 4. The second-order valence-electron chi connectivity index (χ2n) is 4.83. The fraction of sp³-hybridized carbons (Fsp3) is 0.429. The van der Waals surface area contributed by atoms with Crippen molar-refractivity contribution in [2.75, 3.05) is 14.2 Å². The lowest BCUT2D eigenvalue weighted by molar-refractivity contribution is -0.141. The Balaban J connectivity index is 2.44. The highest BCUT2D eigenvalue weighted by molar-refractivity contribution is 6.03. The number of Topliss-reactive ketones (excluding diaryl/α,β-unsaturated/α-hetero) is 1. The van der Waals surface area contributed by atoms with Crippen LogP contribution < -0.4 is 4.74 Å². The zero-order valence-electron chi connectivity index (χ0n) is 10.8. The summed E-state index contributed by atoms with van der Waals surface area (Å²) in [4.78, 5) is 23.4. The number of rotatable bonds is 3. The normalized spacial score (nSPS) is 21.6. The number of ketones is 1. The molecule has 18 heavy (non-hydrogen) atoms. The molecule has 1 aromatic carbocycles. The first-order valence-electron chi connectivity index (χ1n) is 5.79. The second kappa shape index (κ2) is 4.44. The Labute approximate surface area is 106 Å². The van der Waals surface area contributed by atoms with E-state index in [0.717, 1.165) is 5.56 Å². The Morgan fingerprint density at radius 3 is 2.72 bits per heavy atom. The molecule has 4 nitrogen and oxygen atoms in total. The summed E-state index contributed by atoms with van der Waals surface area (Å²) in [6, 6.07) is 5.36. The predicted molar refractivity (Wildman–Crippen MR) is 65.9 cm³/mol. The van der Waals surface area contributed by atoms with Crippen LogP contribution in [0, 0.1) is 0 Å². The molecule has 96 valence electrons. The lowest BCUT2D eigenvalue weighted by Gasteiger charge is -2.23. The van der Waals surface area contributed by atoms with Crippen molar-refractivity contribution < 1.29 is 19.1 Å². The van der Waals surface area contributed by atoms with E-state index in [9.17, 15) is 9.59 Å². The average molecular weight is 248 g/mol. The molecule has 0 N–H and O–H groups in total. The first-order valence-corrected chi connectivity index (χ1v) is 5.79. The van der Waals surface area contributed by atoms with Crippen LogP contribution in [0.3, 0.4) is 0 Å². The number of methoxy groups -OCH3 is 2. The summed E-state index contributed by atoms with van der Waals surface area (Å²) in [6.45, 7) is 1.91. The molecule has 0 saturated heterocycles. The van der Waals surface area contributed by atoms with Crippen LogP contribution in [0.15, 0.2) is 18.2 Å². The molecule has 0 radical (unpaired) electrons. The van der Waals surface area contributed by atoms with Gasteiger partial charge >= 0.3 is 5.97 Å². The van der Waals surface area contributed by atoms with E-state index in [4.69, 9.17) is 9.47 Å². The van der Waals surface area contributed by atoms with E-state index < -0.39 is 5.41 Å². The van der Waals surface area contributed by atoms with Crippen molar-refractivity contribution in [3.8, 4) is 5.75 Å². The molecule has 4 heteroatoms. The lowest BCUT2D eigenvalue weighted by Crippen LogP contribution is -2.24. The first kappa shape index (κ1) is 12.6. The van der Waals surface area contributed by atoms with Gasteiger partial charge in [0.25, 0.3) is 0 Å². The molecule has 0 aromatic heterocycles. The Kier molecular flexibility index (Phi) is 3.11. The molecule has 1 aromatic rings. The van der Waals surface area contributed by atoms with E-state index in [1.807, 2.05) is 13.0 Å². The summed E-state index contributed by atoms with van der Waals surface area (Å²) >= 11 is 0.